The lowest BCUT2D eigenvalue weighted by molar-refractivity contribution is 0.102. The fourth-order valence-corrected chi connectivity index (χ4v) is 4.70. The van der Waals surface area contributed by atoms with Crippen LogP contribution in [0, 0.1) is 23.4 Å². The Morgan fingerprint density at radius 1 is 1.07 bits per heavy atom. The van der Waals surface area contributed by atoms with Gasteiger partial charge >= 0.3 is 0 Å². The van der Waals surface area contributed by atoms with Crippen molar-refractivity contribution in [2.24, 2.45) is 5.92 Å². The number of hydrogen-bond acceptors (Lipinski definition) is 4. The lowest BCUT2D eigenvalue weighted by Gasteiger charge is -2.35. The van der Waals surface area contributed by atoms with Gasteiger partial charge in [-0.1, -0.05) is 0 Å². The predicted octanol–water partition coefficient (Wildman–Crippen LogP) is 2.72. The molecule has 1 fully saturated rings. The number of nitrogens with one attached hydrogen (secondary N) is 4. The van der Waals surface area contributed by atoms with Crippen LogP contribution in [0.3, 0.4) is 0 Å². The molecule has 1 amide bonds. The van der Waals surface area contributed by atoms with Crippen LogP contribution in [0.1, 0.15) is 23.2 Å². The Hall–Kier alpha value is -2.43. The summed E-state index contributed by atoms with van der Waals surface area (Å²) in [5.74, 6) is -4.73. The molecule has 4 N–H and O–H groups in total. The summed E-state index contributed by atoms with van der Waals surface area (Å²) in [6.07, 6.45) is 1.79. The van der Waals surface area contributed by atoms with Gasteiger partial charge in [0.2, 0.25) is 0 Å². The monoisotopic (exact) mass is 424 g/mol. The van der Waals surface area contributed by atoms with E-state index >= 15 is 0 Å². The standard InChI is InChI=1S/C19H19F3N4O2S/c20-13-8-12(9-14(21)17(13)22)24-19(27)11-1-2-15-16(7-11)29(28)26-18(25-15)10-3-5-23-6-4-10/h1-2,7-10,18,23,25-26H,3-6H2,(H,24,27). The van der Waals surface area contributed by atoms with Crippen molar-refractivity contribution in [1.82, 2.24) is 10.0 Å². The average Bonchev–Trinajstić information content (AvgIpc) is 2.72. The van der Waals surface area contributed by atoms with E-state index in [0.29, 0.717) is 28.6 Å². The minimum absolute atomic E-state index is 0.129. The second kappa shape index (κ2) is 8.13. The molecular formula is C19H19F3N4O2S. The van der Waals surface area contributed by atoms with Crippen LogP contribution in [-0.4, -0.2) is 29.4 Å². The molecule has 0 saturated carbocycles. The van der Waals surface area contributed by atoms with Crippen molar-refractivity contribution in [2.45, 2.75) is 23.9 Å². The Morgan fingerprint density at radius 2 is 1.76 bits per heavy atom. The molecular weight excluding hydrogens is 405 g/mol. The smallest absolute Gasteiger partial charge is 0.255 e. The van der Waals surface area contributed by atoms with Crippen molar-refractivity contribution in [2.75, 3.05) is 23.7 Å². The first kappa shape index (κ1) is 19.9. The number of carbonyl (C=O) groups is 1. The number of fused-ring (bicyclic) bond motifs is 1. The van der Waals surface area contributed by atoms with Crippen molar-refractivity contribution in [3.63, 3.8) is 0 Å². The van der Waals surface area contributed by atoms with Crippen molar-refractivity contribution >= 4 is 28.3 Å². The van der Waals surface area contributed by atoms with Crippen LogP contribution < -0.4 is 20.7 Å². The highest BCUT2D eigenvalue weighted by atomic mass is 32.2. The molecule has 2 aromatic carbocycles. The highest BCUT2D eigenvalue weighted by Crippen LogP contribution is 2.29. The van der Waals surface area contributed by atoms with Gasteiger partial charge in [-0.05, 0) is 50.0 Å². The molecule has 0 bridgehead atoms. The van der Waals surface area contributed by atoms with Crippen molar-refractivity contribution in [3.05, 3.63) is 53.3 Å². The Labute approximate surface area is 167 Å². The summed E-state index contributed by atoms with van der Waals surface area (Å²) < 4.78 is 55.4. The zero-order chi connectivity index (χ0) is 20.5. The maximum Gasteiger partial charge on any atom is 0.255 e. The first-order valence-electron chi connectivity index (χ1n) is 9.17. The number of hydrogen-bond donors (Lipinski definition) is 4. The molecule has 0 aromatic heterocycles. The largest absolute Gasteiger partial charge is 0.368 e. The normalized spacial score (nSPS) is 21.9. The van der Waals surface area contributed by atoms with E-state index in [1.165, 1.54) is 12.1 Å². The topological polar surface area (TPSA) is 82.3 Å². The van der Waals surface area contributed by atoms with Gasteiger partial charge in [-0.25, -0.2) is 22.1 Å². The number of carbonyl (C=O) groups excluding carboxylic acids is 1. The molecule has 29 heavy (non-hydrogen) atoms. The molecule has 2 atom stereocenters. The third-order valence-corrected chi connectivity index (χ3v) is 6.29. The third-order valence-electron chi connectivity index (χ3n) is 5.09. The summed E-state index contributed by atoms with van der Waals surface area (Å²) in [6, 6.07) is 6.02. The summed E-state index contributed by atoms with van der Waals surface area (Å²) in [5, 5.41) is 8.94. The van der Waals surface area contributed by atoms with Gasteiger partial charge in [0.1, 0.15) is 11.0 Å². The molecule has 2 aromatic rings. The molecule has 0 spiro atoms. The van der Waals surface area contributed by atoms with E-state index < -0.39 is 34.3 Å². The van der Waals surface area contributed by atoms with Gasteiger partial charge in [-0.3, -0.25) is 4.79 Å². The van der Waals surface area contributed by atoms with E-state index in [1.54, 1.807) is 6.07 Å². The lowest BCUT2D eigenvalue weighted by atomic mass is 9.95. The molecule has 0 aliphatic carbocycles. The van der Waals surface area contributed by atoms with E-state index in [2.05, 4.69) is 20.7 Å². The highest BCUT2D eigenvalue weighted by Gasteiger charge is 2.30. The van der Waals surface area contributed by atoms with E-state index in [-0.39, 0.29) is 17.4 Å². The third kappa shape index (κ3) is 4.14. The second-order valence-corrected chi connectivity index (χ2v) is 8.23. The average molecular weight is 424 g/mol. The molecule has 2 aliphatic heterocycles. The fourth-order valence-electron chi connectivity index (χ4n) is 3.53. The summed E-state index contributed by atoms with van der Waals surface area (Å²) in [4.78, 5) is 12.8. The molecule has 4 rings (SSSR count). The zero-order valence-corrected chi connectivity index (χ0v) is 16.0. The van der Waals surface area contributed by atoms with E-state index in [0.717, 1.165) is 25.9 Å². The van der Waals surface area contributed by atoms with Crippen LogP contribution in [0.2, 0.25) is 0 Å². The Kier molecular flexibility index (Phi) is 5.57. The molecule has 1 saturated heterocycles. The van der Waals surface area contributed by atoms with Gasteiger partial charge in [-0.2, -0.15) is 0 Å². The lowest BCUT2D eigenvalue weighted by Crippen LogP contribution is -2.49. The molecule has 154 valence electrons. The van der Waals surface area contributed by atoms with Crippen LogP contribution in [0.4, 0.5) is 24.5 Å². The summed E-state index contributed by atoms with van der Waals surface area (Å²) >= 11 is 0. The number of anilines is 2. The SMILES string of the molecule is O=C(Nc1cc(F)c(F)c(F)c1)c1ccc2c(c1)S(=O)NC(C1CCNCC1)N2. The van der Waals surface area contributed by atoms with Gasteiger partial charge in [0.05, 0.1) is 16.7 Å². The van der Waals surface area contributed by atoms with E-state index in [4.69, 9.17) is 0 Å². The molecule has 2 unspecified atom stereocenters. The minimum atomic E-state index is -1.60. The Bertz CT molecular complexity index is 959. The summed E-state index contributed by atoms with van der Waals surface area (Å²) in [6.45, 7) is 1.82. The predicted molar refractivity (Wildman–Crippen MR) is 103 cm³/mol. The van der Waals surface area contributed by atoms with Crippen molar-refractivity contribution < 1.29 is 22.2 Å². The first-order chi connectivity index (χ1) is 13.9. The van der Waals surface area contributed by atoms with E-state index in [1.807, 2.05) is 0 Å². The molecule has 2 heterocycles. The number of amides is 1. The molecule has 0 radical (unpaired) electrons. The van der Waals surface area contributed by atoms with E-state index in [9.17, 15) is 22.2 Å². The maximum absolute atomic E-state index is 13.3. The summed E-state index contributed by atoms with van der Waals surface area (Å²) in [7, 11) is -1.51. The highest BCUT2D eigenvalue weighted by molar-refractivity contribution is 7.83. The van der Waals surface area contributed by atoms with Crippen LogP contribution in [0.25, 0.3) is 0 Å². The van der Waals surface area contributed by atoms with Gasteiger partial charge in [-0.15, -0.1) is 0 Å². The van der Waals surface area contributed by atoms with Crippen LogP contribution >= 0.6 is 0 Å². The molecule has 6 nitrogen and oxygen atoms in total. The fraction of sp³-hybridized carbons (Fsp3) is 0.316. The first-order valence-corrected chi connectivity index (χ1v) is 10.3. The van der Waals surface area contributed by atoms with Crippen molar-refractivity contribution in [1.29, 1.82) is 0 Å². The van der Waals surface area contributed by atoms with Gasteiger partial charge < -0.3 is 16.0 Å². The molecule has 10 heteroatoms. The van der Waals surface area contributed by atoms with Gasteiger partial charge in [0.15, 0.2) is 17.5 Å². The quantitative estimate of drug-likeness (QED) is 0.571. The van der Waals surface area contributed by atoms with Crippen LogP contribution in [0.15, 0.2) is 35.2 Å². The van der Waals surface area contributed by atoms with Crippen molar-refractivity contribution in [3.8, 4) is 0 Å². The van der Waals surface area contributed by atoms with Crippen LogP contribution in [0.5, 0.6) is 0 Å². The Balaban J connectivity index is 1.51. The molecule has 2 aliphatic rings. The Morgan fingerprint density at radius 3 is 2.45 bits per heavy atom. The maximum atomic E-state index is 13.3. The van der Waals surface area contributed by atoms with Gasteiger partial charge in [0.25, 0.3) is 5.91 Å². The van der Waals surface area contributed by atoms with Gasteiger partial charge in [0, 0.05) is 23.4 Å². The number of piperidine rings is 1. The number of benzene rings is 2. The second-order valence-electron chi connectivity index (χ2n) is 7.01. The number of halogens is 3. The zero-order valence-electron chi connectivity index (χ0n) is 15.2. The number of rotatable bonds is 3. The minimum Gasteiger partial charge on any atom is -0.368 e. The van der Waals surface area contributed by atoms with Crippen LogP contribution in [-0.2, 0) is 11.0 Å². The summed E-state index contributed by atoms with van der Waals surface area (Å²) in [5.41, 5.74) is 0.611.